The first-order valence-electron chi connectivity index (χ1n) is 5.51. The summed E-state index contributed by atoms with van der Waals surface area (Å²) < 4.78 is 24.8. The lowest BCUT2D eigenvalue weighted by Crippen LogP contribution is -2.40. The molecule has 16 heavy (non-hydrogen) atoms. The molecule has 1 aromatic heterocycles. The Morgan fingerprint density at radius 1 is 1.44 bits per heavy atom. The quantitative estimate of drug-likeness (QED) is 0.854. The Bertz CT molecular complexity index is 398. The minimum absolute atomic E-state index is 0.0213. The fourth-order valence-electron chi connectivity index (χ4n) is 1.42. The molecule has 0 aliphatic carbocycles. The van der Waals surface area contributed by atoms with Crippen LogP contribution >= 0.6 is 11.3 Å². The first-order chi connectivity index (χ1) is 7.50. The van der Waals surface area contributed by atoms with Gasteiger partial charge in [-0.1, -0.05) is 13.0 Å². The van der Waals surface area contributed by atoms with E-state index < -0.39 is 15.1 Å². The molecule has 92 valence electrons. The highest BCUT2D eigenvalue weighted by molar-refractivity contribution is 7.94. The van der Waals surface area contributed by atoms with Crippen LogP contribution in [0.15, 0.2) is 21.7 Å². The summed E-state index contributed by atoms with van der Waals surface area (Å²) >= 11 is 1.28. The molecule has 1 N–H and O–H groups in total. The van der Waals surface area contributed by atoms with E-state index in [0.29, 0.717) is 4.21 Å². The van der Waals surface area contributed by atoms with E-state index in [-0.39, 0.29) is 6.04 Å². The van der Waals surface area contributed by atoms with Crippen LogP contribution in [0.3, 0.4) is 0 Å². The lowest BCUT2D eigenvalue weighted by atomic mass is 10.2. The van der Waals surface area contributed by atoms with Crippen LogP contribution in [0.5, 0.6) is 0 Å². The van der Waals surface area contributed by atoms with Crippen molar-refractivity contribution in [2.75, 3.05) is 6.54 Å². The molecule has 1 heterocycles. The van der Waals surface area contributed by atoms with E-state index in [1.807, 2.05) is 6.92 Å². The Morgan fingerprint density at radius 3 is 2.62 bits per heavy atom. The van der Waals surface area contributed by atoms with Crippen molar-refractivity contribution in [1.82, 2.24) is 5.32 Å². The molecule has 0 aromatic carbocycles. The van der Waals surface area contributed by atoms with E-state index in [0.717, 1.165) is 13.0 Å². The van der Waals surface area contributed by atoms with E-state index in [2.05, 4.69) is 12.2 Å². The molecule has 0 aliphatic heterocycles. The SMILES string of the molecule is CCCNC(C)C(C)S(=O)(=O)c1cccs1. The second-order valence-electron chi connectivity index (χ2n) is 3.93. The number of hydrogen-bond donors (Lipinski definition) is 1. The van der Waals surface area contributed by atoms with Crippen LogP contribution in [-0.2, 0) is 9.84 Å². The Morgan fingerprint density at radius 2 is 2.12 bits per heavy atom. The number of hydrogen-bond acceptors (Lipinski definition) is 4. The predicted molar refractivity (Wildman–Crippen MR) is 68.7 cm³/mol. The van der Waals surface area contributed by atoms with Gasteiger partial charge in [0.15, 0.2) is 9.84 Å². The molecular formula is C11H19NO2S2. The van der Waals surface area contributed by atoms with Crippen LogP contribution in [0, 0.1) is 0 Å². The van der Waals surface area contributed by atoms with Gasteiger partial charge in [0.2, 0.25) is 0 Å². The molecule has 1 rings (SSSR count). The molecule has 0 amide bonds. The average Bonchev–Trinajstić information content (AvgIpc) is 2.78. The van der Waals surface area contributed by atoms with Crippen molar-refractivity contribution >= 4 is 21.2 Å². The van der Waals surface area contributed by atoms with Crippen molar-refractivity contribution in [1.29, 1.82) is 0 Å². The largest absolute Gasteiger partial charge is 0.313 e. The third kappa shape index (κ3) is 3.06. The summed E-state index contributed by atoms with van der Waals surface area (Å²) in [6, 6.07) is 3.42. The van der Waals surface area contributed by atoms with Crippen molar-refractivity contribution in [3.8, 4) is 0 Å². The highest BCUT2D eigenvalue weighted by Crippen LogP contribution is 2.22. The lowest BCUT2D eigenvalue weighted by Gasteiger charge is -2.20. The molecule has 0 saturated carbocycles. The predicted octanol–water partition coefficient (Wildman–Crippen LogP) is 2.30. The summed E-state index contributed by atoms with van der Waals surface area (Å²) in [4.78, 5) is 0. The van der Waals surface area contributed by atoms with E-state index in [9.17, 15) is 8.42 Å². The van der Waals surface area contributed by atoms with E-state index in [1.165, 1.54) is 11.3 Å². The standard InChI is InChI=1S/C11H19NO2S2/c1-4-7-12-9(2)10(3)16(13,14)11-6-5-8-15-11/h5-6,8-10,12H,4,7H2,1-3H3. The summed E-state index contributed by atoms with van der Waals surface area (Å²) in [5.41, 5.74) is 0. The van der Waals surface area contributed by atoms with E-state index >= 15 is 0 Å². The van der Waals surface area contributed by atoms with Crippen LogP contribution in [0.25, 0.3) is 0 Å². The number of thiophene rings is 1. The van der Waals surface area contributed by atoms with Gasteiger partial charge in [0.25, 0.3) is 0 Å². The number of nitrogens with one attached hydrogen (secondary N) is 1. The highest BCUT2D eigenvalue weighted by Gasteiger charge is 2.28. The average molecular weight is 261 g/mol. The zero-order valence-electron chi connectivity index (χ0n) is 9.93. The maximum atomic E-state index is 12.2. The van der Waals surface area contributed by atoms with Crippen LogP contribution in [-0.4, -0.2) is 26.3 Å². The van der Waals surface area contributed by atoms with Crippen LogP contribution in [0.4, 0.5) is 0 Å². The van der Waals surface area contributed by atoms with Crippen LogP contribution in [0.1, 0.15) is 27.2 Å². The molecular weight excluding hydrogens is 242 g/mol. The molecule has 0 fully saturated rings. The van der Waals surface area contributed by atoms with Gasteiger partial charge in [-0.25, -0.2) is 8.42 Å². The normalized spacial score (nSPS) is 15.9. The summed E-state index contributed by atoms with van der Waals surface area (Å²) in [5, 5.41) is 4.63. The molecule has 3 nitrogen and oxygen atoms in total. The number of rotatable bonds is 6. The fraction of sp³-hybridized carbons (Fsp3) is 0.636. The van der Waals surface area contributed by atoms with Gasteiger partial charge in [-0.2, -0.15) is 0 Å². The first kappa shape index (κ1) is 13.7. The first-order valence-corrected chi connectivity index (χ1v) is 7.93. The Kier molecular flexibility index (Phi) is 4.95. The van der Waals surface area contributed by atoms with Gasteiger partial charge in [-0.3, -0.25) is 0 Å². The Balaban J connectivity index is 2.77. The maximum Gasteiger partial charge on any atom is 0.191 e. The van der Waals surface area contributed by atoms with Crippen molar-refractivity contribution < 1.29 is 8.42 Å². The smallest absolute Gasteiger partial charge is 0.191 e. The van der Waals surface area contributed by atoms with Crippen LogP contribution in [0.2, 0.25) is 0 Å². The minimum Gasteiger partial charge on any atom is -0.313 e. The number of sulfone groups is 1. The Labute approximate surface area is 102 Å². The zero-order valence-corrected chi connectivity index (χ0v) is 11.6. The molecule has 0 spiro atoms. The van der Waals surface area contributed by atoms with Crippen molar-refractivity contribution in [3.05, 3.63) is 17.5 Å². The summed E-state index contributed by atoms with van der Waals surface area (Å²) in [6.07, 6.45) is 1.01. The zero-order chi connectivity index (χ0) is 12.2. The summed E-state index contributed by atoms with van der Waals surface area (Å²) in [6.45, 7) is 6.61. The lowest BCUT2D eigenvalue weighted by molar-refractivity contribution is 0.510. The third-order valence-corrected chi connectivity index (χ3v) is 6.42. The van der Waals surface area contributed by atoms with E-state index in [4.69, 9.17) is 0 Å². The van der Waals surface area contributed by atoms with E-state index in [1.54, 1.807) is 24.4 Å². The van der Waals surface area contributed by atoms with Crippen LogP contribution < -0.4 is 5.32 Å². The van der Waals surface area contributed by atoms with Crippen molar-refractivity contribution in [2.24, 2.45) is 0 Å². The maximum absolute atomic E-state index is 12.2. The fourth-order valence-corrected chi connectivity index (χ4v) is 4.29. The third-order valence-electron chi connectivity index (χ3n) is 2.69. The molecule has 1 aromatic rings. The van der Waals surface area contributed by atoms with Gasteiger partial charge in [-0.15, -0.1) is 11.3 Å². The summed E-state index contributed by atoms with van der Waals surface area (Å²) in [7, 11) is -3.17. The van der Waals surface area contributed by atoms with Gasteiger partial charge in [-0.05, 0) is 38.3 Å². The van der Waals surface area contributed by atoms with Crippen molar-refractivity contribution in [3.63, 3.8) is 0 Å². The molecule has 0 saturated heterocycles. The monoisotopic (exact) mass is 261 g/mol. The van der Waals surface area contributed by atoms with Gasteiger partial charge >= 0.3 is 0 Å². The molecule has 2 unspecified atom stereocenters. The molecule has 0 bridgehead atoms. The van der Waals surface area contributed by atoms with Gasteiger partial charge in [0.05, 0.1) is 5.25 Å². The summed E-state index contributed by atoms with van der Waals surface area (Å²) in [5.74, 6) is 0. The topological polar surface area (TPSA) is 46.2 Å². The molecule has 0 aliphatic rings. The second kappa shape index (κ2) is 5.80. The van der Waals surface area contributed by atoms with Crippen molar-refractivity contribution in [2.45, 2.75) is 42.7 Å². The molecule has 2 atom stereocenters. The highest BCUT2D eigenvalue weighted by atomic mass is 32.2. The Hall–Kier alpha value is -0.390. The van der Waals surface area contributed by atoms with Gasteiger partial charge in [0.1, 0.15) is 4.21 Å². The van der Waals surface area contributed by atoms with Gasteiger partial charge < -0.3 is 5.32 Å². The second-order valence-corrected chi connectivity index (χ2v) is 7.40. The van der Waals surface area contributed by atoms with Gasteiger partial charge in [0, 0.05) is 6.04 Å². The molecule has 0 radical (unpaired) electrons. The molecule has 5 heteroatoms. The minimum atomic E-state index is -3.17.